The summed E-state index contributed by atoms with van der Waals surface area (Å²) in [6.45, 7) is 0.556. The number of nitrogens with zero attached hydrogens (tertiary/aromatic N) is 6. The molecule has 2 rings (SSSR count). The molecule has 2 aromatic heterocycles. The molecule has 102 valence electrons. The van der Waals surface area contributed by atoms with Crippen LogP contribution in [0.1, 0.15) is 5.82 Å². The predicted octanol–water partition coefficient (Wildman–Crippen LogP) is -0.464. The summed E-state index contributed by atoms with van der Waals surface area (Å²) in [5.41, 5.74) is 2.38. The monoisotopic (exact) mass is 264 g/mol. The predicted molar refractivity (Wildman–Crippen MR) is 69.5 cm³/mol. The highest BCUT2D eigenvalue weighted by atomic mass is 16.5. The fourth-order valence-electron chi connectivity index (χ4n) is 1.50. The Kier molecular flexibility index (Phi) is 3.76. The average Bonchev–Trinajstić information content (AvgIpc) is 2.83. The van der Waals surface area contributed by atoms with E-state index in [2.05, 4.69) is 25.4 Å². The quantitative estimate of drug-likeness (QED) is 0.551. The lowest BCUT2D eigenvalue weighted by Crippen LogP contribution is -2.23. The maximum absolute atomic E-state index is 5.31. The number of methoxy groups -OCH3 is 1. The minimum Gasteiger partial charge on any atom is -0.467 e. The molecule has 0 aliphatic heterocycles. The number of imidazole rings is 1. The summed E-state index contributed by atoms with van der Waals surface area (Å²) in [5.74, 6) is 6.89. The van der Waals surface area contributed by atoms with Gasteiger partial charge in [0.05, 0.1) is 13.7 Å². The normalized spacial score (nSPS) is 10.3. The molecule has 0 bridgehead atoms. The van der Waals surface area contributed by atoms with E-state index in [1.165, 1.54) is 7.11 Å². The van der Waals surface area contributed by atoms with Gasteiger partial charge in [0.2, 0.25) is 11.9 Å². The molecular weight excluding hydrogens is 248 g/mol. The van der Waals surface area contributed by atoms with Gasteiger partial charge in [-0.3, -0.25) is 5.43 Å². The Morgan fingerprint density at radius 3 is 2.79 bits per heavy atom. The first-order valence-electron chi connectivity index (χ1n) is 5.58. The first-order chi connectivity index (χ1) is 9.13. The maximum atomic E-state index is 5.31. The van der Waals surface area contributed by atoms with Gasteiger partial charge < -0.3 is 14.2 Å². The summed E-state index contributed by atoms with van der Waals surface area (Å²) in [6.07, 6.45) is 3.62. The van der Waals surface area contributed by atoms with Gasteiger partial charge in [-0.2, -0.15) is 15.0 Å². The van der Waals surface area contributed by atoms with Crippen molar-refractivity contribution in [3.63, 3.8) is 0 Å². The number of ether oxygens (including phenoxy) is 1. The van der Waals surface area contributed by atoms with Crippen LogP contribution in [0.15, 0.2) is 12.4 Å². The van der Waals surface area contributed by atoms with Crippen LogP contribution in [-0.2, 0) is 13.6 Å². The van der Waals surface area contributed by atoms with Crippen LogP contribution in [-0.4, -0.2) is 38.7 Å². The largest absolute Gasteiger partial charge is 0.467 e. The van der Waals surface area contributed by atoms with E-state index in [4.69, 9.17) is 10.6 Å². The number of hydrogen-bond acceptors (Lipinski definition) is 8. The number of rotatable bonds is 5. The van der Waals surface area contributed by atoms with Gasteiger partial charge in [0.25, 0.3) is 0 Å². The highest BCUT2D eigenvalue weighted by Gasteiger charge is 2.12. The number of anilines is 2. The molecule has 0 saturated carbocycles. The third kappa shape index (κ3) is 2.88. The molecule has 3 N–H and O–H groups in total. The van der Waals surface area contributed by atoms with Crippen LogP contribution in [0, 0.1) is 0 Å². The van der Waals surface area contributed by atoms with Crippen molar-refractivity contribution in [2.75, 3.05) is 24.5 Å². The molecule has 9 heteroatoms. The minimum absolute atomic E-state index is 0.199. The first kappa shape index (κ1) is 13.0. The molecule has 0 spiro atoms. The highest BCUT2D eigenvalue weighted by Crippen LogP contribution is 2.14. The molecule has 0 amide bonds. The lowest BCUT2D eigenvalue weighted by molar-refractivity contribution is 0.378. The van der Waals surface area contributed by atoms with Crippen molar-refractivity contribution < 1.29 is 4.74 Å². The molecule has 0 aliphatic rings. The molecule has 2 aromatic rings. The summed E-state index contributed by atoms with van der Waals surface area (Å²) in [5, 5.41) is 0. The zero-order chi connectivity index (χ0) is 13.8. The second-order valence-electron chi connectivity index (χ2n) is 3.90. The molecule has 0 aliphatic carbocycles. The van der Waals surface area contributed by atoms with Crippen LogP contribution in [0.5, 0.6) is 6.01 Å². The lowest BCUT2D eigenvalue weighted by atomic mass is 10.5. The van der Waals surface area contributed by atoms with Gasteiger partial charge in [-0.05, 0) is 0 Å². The fraction of sp³-hybridized carbons (Fsp3) is 0.400. The van der Waals surface area contributed by atoms with Gasteiger partial charge in [0, 0.05) is 26.5 Å². The van der Waals surface area contributed by atoms with Crippen molar-refractivity contribution >= 4 is 11.9 Å². The van der Waals surface area contributed by atoms with Crippen LogP contribution < -0.4 is 20.9 Å². The van der Waals surface area contributed by atoms with E-state index in [0.29, 0.717) is 12.5 Å². The second kappa shape index (κ2) is 5.48. The standard InChI is InChI=1S/C10H16N8O/c1-17-5-4-12-7(17)6-18(2)9-13-8(16-11)14-10(15-9)19-3/h4-5H,6,11H2,1-3H3,(H,13,14,15,16). The Morgan fingerprint density at radius 1 is 1.42 bits per heavy atom. The third-order valence-electron chi connectivity index (χ3n) is 2.56. The van der Waals surface area contributed by atoms with Gasteiger partial charge in [-0.15, -0.1) is 0 Å². The van der Waals surface area contributed by atoms with Gasteiger partial charge in [0.15, 0.2) is 0 Å². The van der Waals surface area contributed by atoms with Crippen molar-refractivity contribution in [1.82, 2.24) is 24.5 Å². The number of aromatic nitrogens is 5. The molecular formula is C10H16N8O. The van der Waals surface area contributed by atoms with Gasteiger partial charge in [-0.25, -0.2) is 10.8 Å². The molecule has 0 radical (unpaired) electrons. The van der Waals surface area contributed by atoms with Gasteiger partial charge in [-0.1, -0.05) is 0 Å². The summed E-state index contributed by atoms with van der Waals surface area (Å²) < 4.78 is 6.93. The SMILES string of the molecule is COc1nc(NN)nc(N(C)Cc2nccn2C)n1. The van der Waals surface area contributed by atoms with E-state index in [0.717, 1.165) is 5.82 Å². The van der Waals surface area contributed by atoms with Crippen LogP contribution in [0.3, 0.4) is 0 Å². The van der Waals surface area contributed by atoms with Crippen LogP contribution in [0.25, 0.3) is 0 Å². The molecule has 0 aromatic carbocycles. The second-order valence-corrected chi connectivity index (χ2v) is 3.90. The smallest absolute Gasteiger partial charge is 0.322 e. The number of aryl methyl sites for hydroxylation is 1. The van der Waals surface area contributed by atoms with E-state index in [1.54, 1.807) is 6.20 Å². The third-order valence-corrected chi connectivity index (χ3v) is 2.56. The number of hydrogen-bond donors (Lipinski definition) is 2. The number of nitrogens with two attached hydrogens (primary N) is 1. The first-order valence-corrected chi connectivity index (χ1v) is 5.58. The Morgan fingerprint density at radius 2 is 2.21 bits per heavy atom. The van der Waals surface area contributed by atoms with Crippen LogP contribution >= 0.6 is 0 Å². The molecule has 19 heavy (non-hydrogen) atoms. The van der Waals surface area contributed by atoms with Crippen molar-refractivity contribution in [3.05, 3.63) is 18.2 Å². The van der Waals surface area contributed by atoms with E-state index in [9.17, 15) is 0 Å². The Labute approximate surface area is 110 Å². The van der Waals surface area contributed by atoms with Crippen LogP contribution in [0.4, 0.5) is 11.9 Å². The van der Waals surface area contributed by atoms with Crippen molar-refractivity contribution in [1.29, 1.82) is 0 Å². The molecule has 0 fully saturated rings. The van der Waals surface area contributed by atoms with Crippen molar-refractivity contribution in [3.8, 4) is 6.01 Å². The lowest BCUT2D eigenvalue weighted by Gasteiger charge is -2.17. The fourth-order valence-corrected chi connectivity index (χ4v) is 1.50. The molecule has 0 saturated heterocycles. The molecule has 0 unspecified atom stereocenters. The number of hydrazine groups is 1. The molecule has 9 nitrogen and oxygen atoms in total. The minimum atomic E-state index is 0.199. The Balaban J connectivity index is 2.23. The zero-order valence-electron chi connectivity index (χ0n) is 11.0. The summed E-state index contributed by atoms with van der Waals surface area (Å²) >= 11 is 0. The Hall–Kier alpha value is -2.42. The van der Waals surface area contributed by atoms with E-state index in [1.807, 2.05) is 29.8 Å². The van der Waals surface area contributed by atoms with Crippen molar-refractivity contribution in [2.45, 2.75) is 6.54 Å². The number of nitrogens with one attached hydrogen (secondary N) is 1. The average molecular weight is 264 g/mol. The summed E-state index contributed by atoms with van der Waals surface area (Å²) in [7, 11) is 5.26. The van der Waals surface area contributed by atoms with Gasteiger partial charge >= 0.3 is 6.01 Å². The van der Waals surface area contributed by atoms with Crippen LogP contribution in [0.2, 0.25) is 0 Å². The molecule has 2 heterocycles. The van der Waals surface area contributed by atoms with E-state index in [-0.39, 0.29) is 12.0 Å². The van der Waals surface area contributed by atoms with Crippen molar-refractivity contribution in [2.24, 2.45) is 12.9 Å². The van der Waals surface area contributed by atoms with E-state index < -0.39 is 0 Å². The summed E-state index contributed by atoms with van der Waals surface area (Å²) in [6, 6.07) is 0.199. The Bertz CT molecular complexity index is 532. The van der Waals surface area contributed by atoms with Gasteiger partial charge in [0.1, 0.15) is 5.82 Å². The molecule has 0 atom stereocenters. The topological polar surface area (TPSA) is 107 Å². The summed E-state index contributed by atoms with van der Waals surface area (Å²) in [4.78, 5) is 18.3. The zero-order valence-corrected chi connectivity index (χ0v) is 11.0. The maximum Gasteiger partial charge on any atom is 0.322 e. The van der Waals surface area contributed by atoms with E-state index >= 15 is 0 Å². The number of nitrogen functional groups attached to an aromatic ring is 1. The highest BCUT2D eigenvalue weighted by molar-refractivity contribution is 5.37.